The maximum absolute atomic E-state index is 10.1. The first-order valence-corrected chi connectivity index (χ1v) is 10.5. The molecule has 6 heteroatoms. The van der Waals surface area contributed by atoms with E-state index in [-0.39, 0.29) is 22.6 Å². The molecule has 1 radical (unpaired) electrons. The molecular weight excluding hydrogens is 491 g/mol. The predicted molar refractivity (Wildman–Crippen MR) is 137 cm³/mol. The molecule has 5 nitrogen and oxygen atoms in total. The molecule has 0 atom stereocenters. The average Bonchev–Trinajstić information content (AvgIpc) is 3.72. The topological polar surface area (TPSA) is 68.6 Å². The Morgan fingerprint density at radius 1 is 0.528 bits per heavy atom. The molecule has 0 spiro atoms. The first kappa shape index (κ1) is 31.7. The van der Waals surface area contributed by atoms with E-state index in [1.54, 1.807) is 110 Å². The molecule has 6 rings (SSSR count). The molecule has 0 N–H and O–H groups in total. The van der Waals surface area contributed by atoms with Crippen molar-refractivity contribution in [2.45, 2.75) is 6.42 Å². The molecule has 185 valence electrons. The third kappa shape index (κ3) is 24.4. The van der Waals surface area contributed by atoms with Crippen LogP contribution in [0.1, 0.15) is 6.42 Å². The Morgan fingerprint density at radius 2 is 0.861 bits per heavy atom. The summed E-state index contributed by atoms with van der Waals surface area (Å²) >= 11 is 0. The van der Waals surface area contributed by atoms with Crippen LogP contribution in [-0.4, -0.2) is 25.7 Å². The molecule has 0 unspecified atom stereocenters. The van der Waals surface area contributed by atoms with Gasteiger partial charge in [-0.05, 0) is 12.2 Å². The number of carbonyl (C=O) groups is 1. The molecule has 4 aromatic rings. The summed E-state index contributed by atoms with van der Waals surface area (Å²) in [5, 5.41) is 0. The standard InChI is InChI=1S/4C5H4N.C5H4O.C5H5.Co/c4*1-2-4-6-5-3-1;6-5-3-1-2-4-5;1-2-4-5-3-1;/h4*2-5H;1-4H;1-3H,4H2;/q4*-1;;-1;. The molecule has 0 amide bonds. The van der Waals surface area contributed by atoms with Gasteiger partial charge in [0, 0.05) is 16.8 Å². The number of rotatable bonds is 0. The van der Waals surface area contributed by atoms with Crippen LogP contribution in [0.15, 0.2) is 141 Å². The van der Waals surface area contributed by atoms with Crippen molar-refractivity contribution in [3.05, 3.63) is 171 Å². The average molecular weight is 516 g/mol. The van der Waals surface area contributed by atoms with Crippen LogP contribution in [0.3, 0.4) is 0 Å². The molecular formula is C30H25CoN4O-5. The number of aromatic nitrogens is 4. The molecule has 2 aliphatic rings. The van der Waals surface area contributed by atoms with Crippen LogP contribution in [-0.2, 0) is 21.6 Å². The normalized spacial score (nSPS) is 10.6. The molecule has 0 saturated heterocycles. The summed E-state index contributed by atoms with van der Waals surface area (Å²) in [6.07, 6.45) is 30.1. The molecule has 4 aromatic heterocycles. The zero-order valence-electron chi connectivity index (χ0n) is 19.5. The van der Waals surface area contributed by atoms with Gasteiger partial charge < -0.3 is 19.9 Å². The number of hydrogen-bond donors (Lipinski definition) is 0. The molecule has 36 heavy (non-hydrogen) atoms. The zero-order chi connectivity index (χ0) is 24.9. The fourth-order valence-electron chi connectivity index (χ4n) is 1.81. The third-order valence-corrected chi connectivity index (χ3v) is 3.27. The van der Waals surface area contributed by atoms with Crippen molar-refractivity contribution in [3.8, 4) is 0 Å². The number of carbonyl (C=O) groups excluding carboxylic acids is 1. The first-order chi connectivity index (χ1) is 17.4. The number of hydrogen-bond acceptors (Lipinski definition) is 5. The van der Waals surface area contributed by atoms with E-state index in [4.69, 9.17) is 0 Å². The number of allylic oxidation sites excluding steroid dienone is 8. The zero-order valence-corrected chi connectivity index (χ0v) is 20.6. The van der Waals surface area contributed by atoms with Crippen LogP contribution < -0.4 is 0 Å². The van der Waals surface area contributed by atoms with Crippen molar-refractivity contribution in [1.29, 1.82) is 0 Å². The summed E-state index contributed by atoms with van der Waals surface area (Å²) in [6.45, 7) is 0. The summed E-state index contributed by atoms with van der Waals surface area (Å²) in [6, 6.07) is 25.4. The van der Waals surface area contributed by atoms with Gasteiger partial charge in [-0.1, -0.05) is 61.7 Å². The van der Waals surface area contributed by atoms with E-state index in [1.165, 1.54) is 12.2 Å². The number of ketones is 1. The predicted octanol–water partition coefficient (Wildman–Crippen LogP) is 5.51. The van der Waals surface area contributed by atoms with Gasteiger partial charge in [-0.3, -0.25) is 10.9 Å². The minimum Gasteiger partial charge on any atom is -0.391 e. The van der Waals surface area contributed by atoms with E-state index in [0.29, 0.717) is 0 Å². The molecule has 2 aliphatic carbocycles. The van der Waals surface area contributed by atoms with Crippen molar-refractivity contribution in [1.82, 2.24) is 19.9 Å². The Hall–Kier alpha value is -4.26. The minimum atomic E-state index is 0. The van der Waals surface area contributed by atoms with Crippen LogP contribution in [0.2, 0.25) is 0 Å². The molecule has 4 heterocycles. The van der Waals surface area contributed by atoms with E-state index in [9.17, 15) is 4.79 Å². The van der Waals surface area contributed by atoms with Crippen LogP contribution in [0, 0.1) is 30.3 Å². The van der Waals surface area contributed by atoms with Gasteiger partial charge in [0.25, 0.3) is 0 Å². The summed E-state index contributed by atoms with van der Waals surface area (Å²) in [5.41, 5.74) is 0. The Labute approximate surface area is 224 Å². The van der Waals surface area contributed by atoms with Crippen molar-refractivity contribution in [2.24, 2.45) is 0 Å². The van der Waals surface area contributed by atoms with Gasteiger partial charge in [0.1, 0.15) is 0 Å². The summed E-state index contributed by atoms with van der Waals surface area (Å²) in [7, 11) is 0. The fraction of sp³-hybridized carbons (Fsp3) is 0.0333. The van der Waals surface area contributed by atoms with E-state index in [2.05, 4.69) is 56.4 Å². The van der Waals surface area contributed by atoms with E-state index >= 15 is 0 Å². The first-order valence-electron chi connectivity index (χ1n) is 10.5. The van der Waals surface area contributed by atoms with Gasteiger partial charge in [0.2, 0.25) is 0 Å². The van der Waals surface area contributed by atoms with Crippen molar-refractivity contribution in [2.75, 3.05) is 0 Å². The largest absolute Gasteiger partial charge is 0.391 e. The Balaban J connectivity index is 0.000000406. The maximum Gasteiger partial charge on any atom is 0.178 e. The third-order valence-electron chi connectivity index (χ3n) is 3.27. The van der Waals surface area contributed by atoms with Gasteiger partial charge >= 0.3 is 0 Å². The van der Waals surface area contributed by atoms with E-state index < -0.39 is 0 Å². The van der Waals surface area contributed by atoms with Gasteiger partial charge in [-0.15, -0.1) is 6.42 Å². The SMILES string of the molecule is O=C1C=CC=C1.[C-]1=CC=CC1.[Co].[c-]1ccncc1.[c-]1ccncc1.[c-]1ccncc1.[c-]1ccncc1. The number of nitrogens with zero attached hydrogens (tertiary/aromatic N) is 4. The smallest absolute Gasteiger partial charge is 0.178 e. The van der Waals surface area contributed by atoms with Crippen LogP contribution in [0.4, 0.5) is 0 Å². The monoisotopic (exact) mass is 516 g/mol. The summed E-state index contributed by atoms with van der Waals surface area (Å²) in [4.78, 5) is 25.1. The quantitative estimate of drug-likeness (QED) is 0.288. The minimum absolute atomic E-state index is 0. The molecule has 0 saturated carbocycles. The van der Waals surface area contributed by atoms with Gasteiger partial charge in [-0.2, -0.15) is 78.9 Å². The van der Waals surface area contributed by atoms with Crippen LogP contribution in [0.25, 0.3) is 0 Å². The van der Waals surface area contributed by atoms with Gasteiger partial charge in [0.15, 0.2) is 5.78 Å². The Bertz CT molecular complexity index is 816. The molecule has 0 bridgehead atoms. The van der Waals surface area contributed by atoms with Crippen molar-refractivity contribution in [3.63, 3.8) is 0 Å². The summed E-state index contributed by atoms with van der Waals surface area (Å²) < 4.78 is 0. The number of pyridine rings is 4. The van der Waals surface area contributed by atoms with Crippen molar-refractivity contribution >= 4 is 5.78 Å². The molecule has 0 aromatic carbocycles. The second kappa shape index (κ2) is 27.0. The summed E-state index contributed by atoms with van der Waals surface area (Å²) in [5.74, 6) is 0.0926. The van der Waals surface area contributed by atoms with Gasteiger partial charge in [0.05, 0.1) is 0 Å². The second-order valence-corrected chi connectivity index (χ2v) is 5.91. The van der Waals surface area contributed by atoms with E-state index in [0.717, 1.165) is 6.42 Å². The van der Waals surface area contributed by atoms with Crippen molar-refractivity contribution < 1.29 is 21.6 Å². The van der Waals surface area contributed by atoms with Crippen LogP contribution >= 0.6 is 0 Å². The maximum atomic E-state index is 10.1. The fourth-order valence-corrected chi connectivity index (χ4v) is 1.81. The van der Waals surface area contributed by atoms with E-state index in [1.807, 2.05) is 12.2 Å². The van der Waals surface area contributed by atoms with Gasteiger partial charge in [-0.25, -0.2) is 12.2 Å². The molecule has 0 fully saturated rings. The Morgan fingerprint density at radius 3 is 0.944 bits per heavy atom. The second-order valence-electron chi connectivity index (χ2n) is 5.91. The molecule has 0 aliphatic heterocycles. The Kier molecular flexibility index (Phi) is 23.8. The van der Waals surface area contributed by atoms with Crippen LogP contribution in [0.5, 0.6) is 0 Å².